The van der Waals surface area contributed by atoms with Crippen LogP contribution in [0.15, 0.2) is 58.1 Å². The minimum absolute atomic E-state index is 0.00928. The molecule has 1 unspecified atom stereocenters. The summed E-state index contributed by atoms with van der Waals surface area (Å²) in [5.74, 6) is -0.500. The van der Waals surface area contributed by atoms with E-state index in [0.717, 1.165) is 4.47 Å². The van der Waals surface area contributed by atoms with Crippen LogP contribution in [0.3, 0.4) is 0 Å². The minimum Gasteiger partial charge on any atom is -0.465 e. The monoisotopic (exact) mass is 493 g/mol. The first-order chi connectivity index (χ1) is 14.4. The number of rotatable bonds is 6. The van der Waals surface area contributed by atoms with Crippen molar-refractivity contribution >= 4 is 50.9 Å². The van der Waals surface area contributed by atoms with Gasteiger partial charge in [-0.05, 0) is 48.9 Å². The van der Waals surface area contributed by atoms with E-state index in [1.54, 1.807) is 43.3 Å². The molecule has 1 N–H and O–H groups in total. The van der Waals surface area contributed by atoms with Crippen LogP contribution in [0, 0.1) is 5.41 Å². The number of hydrazone groups is 1. The van der Waals surface area contributed by atoms with Crippen LogP contribution in [0.2, 0.25) is 5.02 Å². The van der Waals surface area contributed by atoms with Gasteiger partial charge in [-0.15, -0.1) is 0 Å². The van der Waals surface area contributed by atoms with Crippen molar-refractivity contribution in [3.05, 3.63) is 63.6 Å². The summed E-state index contributed by atoms with van der Waals surface area (Å²) >= 11 is 9.37. The summed E-state index contributed by atoms with van der Waals surface area (Å²) in [6.07, 6.45) is 0. The molecule has 2 aromatic rings. The first-order valence-electron chi connectivity index (χ1n) is 9.25. The number of amides is 2. The Balaban J connectivity index is 1.97. The number of hydrogen-bond donors (Lipinski definition) is 1. The number of hydrogen-bond acceptors (Lipinski definition) is 5. The molecule has 0 aromatic heterocycles. The average molecular weight is 495 g/mol. The van der Waals surface area contributed by atoms with Crippen molar-refractivity contribution in [1.29, 1.82) is 0 Å². The molecule has 30 heavy (non-hydrogen) atoms. The smallest absolute Gasteiger partial charge is 0.342 e. The molecule has 9 heteroatoms. The van der Waals surface area contributed by atoms with Gasteiger partial charge in [0, 0.05) is 22.3 Å². The second-order valence-electron chi connectivity index (χ2n) is 6.69. The first kappa shape index (κ1) is 22.3. The highest BCUT2D eigenvalue weighted by molar-refractivity contribution is 9.10. The Labute approximate surface area is 188 Å². The van der Waals surface area contributed by atoms with Gasteiger partial charge in [0.05, 0.1) is 25.5 Å². The lowest BCUT2D eigenvalue weighted by molar-refractivity contribution is -0.153. The number of nitrogens with one attached hydrogen (secondary N) is 1. The maximum Gasteiger partial charge on any atom is 0.342 e. The molecular weight excluding hydrogens is 474 g/mol. The summed E-state index contributed by atoms with van der Waals surface area (Å²) in [7, 11) is 1.49. The Hall–Kier alpha value is -2.42. The van der Waals surface area contributed by atoms with Gasteiger partial charge in [-0.1, -0.05) is 39.7 Å². The van der Waals surface area contributed by atoms with Crippen molar-refractivity contribution in [3.8, 4) is 0 Å². The van der Waals surface area contributed by atoms with E-state index >= 15 is 0 Å². The van der Waals surface area contributed by atoms with Crippen LogP contribution in [0.25, 0.3) is 0 Å². The SMILES string of the molecule is CCOC(=O)C1(COC)CN(C(=O)Nc2ccc(Br)cc2)N=C1c1ccc(Cl)cc1. The highest BCUT2D eigenvalue weighted by Crippen LogP contribution is 2.34. The fourth-order valence-corrected chi connectivity index (χ4v) is 3.60. The molecule has 0 spiro atoms. The minimum atomic E-state index is -1.25. The van der Waals surface area contributed by atoms with Gasteiger partial charge in [0.25, 0.3) is 0 Å². The highest BCUT2D eigenvalue weighted by Gasteiger charge is 2.52. The first-order valence-corrected chi connectivity index (χ1v) is 10.4. The molecule has 3 rings (SSSR count). The topological polar surface area (TPSA) is 80.2 Å². The molecule has 1 atom stereocenters. The fraction of sp³-hybridized carbons (Fsp3) is 0.286. The molecule has 0 radical (unpaired) electrons. The van der Waals surface area contributed by atoms with Crippen molar-refractivity contribution in [2.45, 2.75) is 6.92 Å². The third-order valence-electron chi connectivity index (χ3n) is 4.60. The lowest BCUT2D eigenvalue weighted by Crippen LogP contribution is -2.48. The van der Waals surface area contributed by atoms with Crippen LogP contribution in [0.4, 0.5) is 10.5 Å². The van der Waals surface area contributed by atoms with Crippen LogP contribution in [-0.4, -0.2) is 49.6 Å². The van der Waals surface area contributed by atoms with Crippen molar-refractivity contribution in [1.82, 2.24) is 5.01 Å². The number of urea groups is 1. The number of carbonyl (C=O) groups is 2. The third kappa shape index (κ3) is 4.66. The van der Waals surface area contributed by atoms with E-state index in [-0.39, 0.29) is 19.8 Å². The maximum absolute atomic E-state index is 13.0. The summed E-state index contributed by atoms with van der Waals surface area (Å²) in [6, 6.07) is 13.6. The lowest BCUT2D eigenvalue weighted by atomic mass is 9.81. The number of methoxy groups -OCH3 is 1. The quantitative estimate of drug-likeness (QED) is 0.598. The number of anilines is 1. The van der Waals surface area contributed by atoms with Gasteiger partial charge in [-0.3, -0.25) is 4.79 Å². The number of carbonyl (C=O) groups excluding carboxylic acids is 2. The van der Waals surface area contributed by atoms with Gasteiger partial charge in [0.15, 0.2) is 5.41 Å². The zero-order valence-electron chi connectivity index (χ0n) is 16.5. The molecule has 0 aliphatic carbocycles. The fourth-order valence-electron chi connectivity index (χ4n) is 3.21. The average Bonchev–Trinajstić information content (AvgIpc) is 3.12. The Bertz CT molecular complexity index is 950. The second kappa shape index (κ2) is 9.59. The van der Waals surface area contributed by atoms with Crippen molar-refractivity contribution < 1.29 is 19.1 Å². The normalized spacial score (nSPS) is 18.1. The highest BCUT2D eigenvalue weighted by atomic mass is 79.9. The third-order valence-corrected chi connectivity index (χ3v) is 5.38. The summed E-state index contributed by atoms with van der Waals surface area (Å²) in [5.41, 5.74) is 0.399. The number of halogens is 2. The molecule has 2 aromatic carbocycles. The van der Waals surface area contributed by atoms with Crippen molar-refractivity contribution in [3.63, 3.8) is 0 Å². The molecular formula is C21H21BrClN3O4. The van der Waals surface area contributed by atoms with E-state index in [1.165, 1.54) is 12.1 Å². The molecule has 158 valence electrons. The zero-order chi connectivity index (χ0) is 21.7. The molecule has 7 nitrogen and oxygen atoms in total. The van der Waals surface area contributed by atoms with Crippen LogP contribution < -0.4 is 5.32 Å². The van der Waals surface area contributed by atoms with Gasteiger partial charge < -0.3 is 14.8 Å². The standard InChI is InChI=1S/C21H21BrClN3O4/c1-3-30-19(27)21(13-29-2)12-26(20(28)24-17-10-6-15(22)7-11-17)25-18(21)14-4-8-16(23)9-5-14/h4-11H,3,12-13H2,1-2H3,(H,24,28). The summed E-state index contributed by atoms with van der Waals surface area (Å²) < 4.78 is 11.6. The van der Waals surface area contributed by atoms with E-state index < -0.39 is 17.4 Å². The maximum atomic E-state index is 13.0. The molecule has 1 aliphatic heterocycles. The Morgan fingerprint density at radius 1 is 1.20 bits per heavy atom. The van der Waals surface area contributed by atoms with Gasteiger partial charge in [-0.25, -0.2) is 9.80 Å². The second-order valence-corrected chi connectivity index (χ2v) is 8.04. The summed E-state index contributed by atoms with van der Waals surface area (Å²) in [4.78, 5) is 25.9. The lowest BCUT2D eigenvalue weighted by Gasteiger charge is -2.27. The largest absolute Gasteiger partial charge is 0.465 e. The predicted molar refractivity (Wildman–Crippen MR) is 119 cm³/mol. The van der Waals surface area contributed by atoms with E-state index in [2.05, 4.69) is 26.3 Å². The van der Waals surface area contributed by atoms with E-state index in [4.69, 9.17) is 21.1 Å². The van der Waals surface area contributed by atoms with Gasteiger partial charge in [0.2, 0.25) is 0 Å². The number of esters is 1. The van der Waals surface area contributed by atoms with Gasteiger partial charge in [0.1, 0.15) is 0 Å². The molecule has 2 amide bonds. The molecule has 0 saturated heterocycles. The number of benzene rings is 2. The number of ether oxygens (including phenoxy) is 2. The van der Waals surface area contributed by atoms with Gasteiger partial charge in [-0.2, -0.15) is 5.10 Å². The molecule has 0 bridgehead atoms. The molecule has 0 fully saturated rings. The van der Waals surface area contributed by atoms with Crippen molar-refractivity contribution in [2.75, 3.05) is 32.2 Å². The molecule has 1 heterocycles. The van der Waals surface area contributed by atoms with E-state index in [0.29, 0.717) is 22.0 Å². The predicted octanol–water partition coefficient (Wildman–Crippen LogP) is 4.55. The van der Waals surface area contributed by atoms with Crippen molar-refractivity contribution in [2.24, 2.45) is 10.5 Å². The van der Waals surface area contributed by atoms with Gasteiger partial charge >= 0.3 is 12.0 Å². The number of nitrogens with zero attached hydrogens (tertiary/aromatic N) is 2. The van der Waals surface area contributed by atoms with E-state index in [9.17, 15) is 9.59 Å². The zero-order valence-corrected chi connectivity index (χ0v) is 18.9. The van der Waals surface area contributed by atoms with Crippen LogP contribution in [0.1, 0.15) is 12.5 Å². The molecule has 0 saturated carbocycles. The van der Waals surface area contributed by atoms with Crippen LogP contribution in [-0.2, 0) is 14.3 Å². The molecule has 1 aliphatic rings. The van der Waals surface area contributed by atoms with Crippen LogP contribution in [0.5, 0.6) is 0 Å². The Morgan fingerprint density at radius 2 is 1.87 bits per heavy atom. The summed E-state index contributed by atoms with van der Waals surface area (Å²) in [5, 5.41) is 9.05. The Morgan fingerprint density at radius 3 is 2.47 bits per heavy atom. The Kier molecular flexibility index (Phi) is 7.12. The summed E-state index contributed by atoms with van der Waals surface area (Å²) in [6.45, 7) is 1.92. The van der Waals surface area contributed by atoms with E-state index in [1.807, 2.05) is 12.1 Å². The van der Waals surface area contributed by atoms with Crippen LogP contribution >= 0.6 is 27.5 Å².